The molecule has 2 amide bonds. The van der Waals surface area contributed by atoms with Crippen molar-refractivity contribution >= 4 is 50.7 Å². The predicted octanol–water partition coefficient (Wildman–Crippen LogP) is 6.14. The summed E-state index contributed by atoms with van der Waals surface area (Å²) >= 11 is 12.6. The van der Waals surface area contributed by atoms with Crippen LogP contribution in [0.2, 0.25) is 10.0 Å². The number of nitrogens with zero attached hydrogens (tertiary/aromatic N) is 2. The molecule has 0 heterocycles. The van der Waals surface area contributed by atoms with E-state index >= 15 is 0 Å². The molecule has 7 nitrogen and oxygen atoms in total. The van der Waals surface area contributed by atoms with Crippen LogP contribution in [0.4, 0.5) is 5.69 Å². The molecular weight excluding hydrogens is 569 g/mol. The molecule has 0 aliphatic heterocycles. The minimum atomic E-state index is -4.16. The van der Waals surface area contributed by atoms with Crippen molar-refractivity contribution < 1.29 is 18.0 Å². The topological polar surface area (TPSA) is 86.8 Å². The molecule has 0 spiro atoms. The number of hydrogen-bond acceptors (Lipinski definition) is 4. The van der Waals surface area contributed by atoms with Crippen molar-refractivity contribution in [1.82, 2.24) is 10.2 Å². The fourth-order valence-corrected chi connectivity index (χ4v) is 6.08. The van der Waals surface area contributed by atoms with Crippen LogP contribution in [0.3, 0.4) is 0 Å². The van der Waals surface area contributed by atoms with E-state index in [1.165, 1.54) is 17.0 Å². The lowest BCUT2D eigenvalue weighted by Gasteiger charge is -2.32. The van der Waals surface area contributed by atoms with Gasteiger partial charge >= 0.3 is 0 Å². The maximum atomic E-state index is 14.0. The summed E-state index contributed by atoms with van der Waals surface area (Å²) in [5.41, 5.74) is 2.44. The Morgan fingerprint density at radius 2 is 1.65 bits per heavy atom. The van der Waals surface area contributed by atoms with E-state index in [0.29, 0.717) is 33.4 Å². The Morgan fingerprint density at radius 1 is 0.975 bits per heavy atom. The Bertz CT molecular complexity index is 1450. The van der Waals surface area contributed by atoms with E-state index in [1.54, 1.807) is 68.4 Å². The van der Waals surface area contributed by atoms with Crippen molar-refractivity contribution in [2.45, 2.75) is 58.0 Å². The van der Waals surface area contributed by atoms with Crippen LogP contribution in [0.1, 0.15) is 43.4 Å². The Hall–Kier alpha value is -3.07. The van der Waals surface area contributed by atoms with Crippen molar-refractivity contribution in [1.29, 1.82) is 0 Å². The lowest BCUT2D eigenvalue weighted by Crippen LogP contribution is -2.51. The highest BCUT2D eigenvalue weighted by atomic mass is 35.5. The van der Waals surface area contributed by atoms with Crippen LogP contribution in [0.15, 0.2) is 71.6 Å². The van der Waals surface area contributed by atoms with E-state index in [-0.39, 0.29) is 17.3 Å². The third-order valence-electron chi connectivity index (χ3n) is 6.61. The van der Waals surface area contributed by atoms with Gasteiger partial charge in [-0.25, -0.2) is 8.42 Å². The molecule has 3 aromatic carbocycles. The third kappa shape index (κ3) is 7.77. The number of aryl methyl sites for hydroxylation is 2. The van der Waals surface area contributed by atoms with Crippen molar-refractivity contribution in [3.05, 3.63) is 93.5 Å². The molecule has 0 aliphatic carbocycles. The summed E-state index contributed by atoms with van der Waals surface area (Å²) in [5.74, 6) is -0.882. The SMILES string of the molecule is CCCCNC(=O)[C@H](C)N(Cc1ccccc1Cl)C(=O)CN(c1ccc(Cl)cc1C)S(=O)(=O)c1ccc(C)cc1. The van der Waals surface area contributed by atoms with Gasteiger partial charge in [0, 0.05) is 23.1 Å². The van der Waals surface area contributed by atoms with Gasteiger partial charge in [0.25, 0.3) is 10.0 Å². The van der Waals surface area contributed by atoms with Crippen molar-refractivity contribution in [2.24, 2.45) is 0 Å². The van der Waals surface area contributed by atoms with E-state index in [9.17, 15) is 18.0 Å². The zero-order valence-electron chi connectivity index (χ0n) is 23.2. The Kier molecular flexibility index (Phi) is 11.0. The number of unbranched alkanes of at least 4 members (excludes halogenated alkanes) is 1. The normalized spacial score (nSPS) is 12.1. The van der Waals surface area contributed by atoms with Crippen LogP contribution < -0.4 is 9.62 Å². The highest BCUT2D eigenvalue weighted by Gasteiger charge is 2.33. The average Bonchev–Trinajstić information content (AvgIpc) is 2.91. The molecule has 3 aromatic rings. The van der Waals surface area contributed by atoms with Crippen molar-refractivity contribution in [2.75, 3.05) is 17.4 Å². The van der Waals surface area contributed by atoms with Crippen LogP contribution in [0.5, 0.6) is 0 Å². The van der Waals surface area contributed by atoms with Crippen LogP contribution in [0.25, 0.3) is 0 Å². The standard InChI is InChI=1S/C30H35Cl2N3O4S/c1-5-6-17-33-30(37)23(4)34(19-24-9-7-8-10-27(24)32)29(36)20-35(28-16-13-25(31)18-22(28)3)40(38,39)26-14-11-21(2)12-15-26/h7-16,18,23H,5-6,17,19-20H2,1-4H3,(H,33,37)/t23-/m0/s1. The van der Waals surface area contributed by atoms with Crippen molar-refractivity contribution in [3.8, 4) is 0 Å². The van der Waals surface area contributed by atoms with Gasteiger partial charge in [-0.15, -0.1) is 0 Å². The highest BCUT2D eigenvalue weighted by Crippen LogP contribution is 2.30. The minimum Gasteiger partial charge on any atom is -0.354 e. The lowest BCUT2D eigenvalue weighted by molar-refractivity contribution is -0.139. The summed E-state index contributed by atoms with van der Waals surface area (Å²) in [6.07, 6.45) is 1.71. The Labute approximate surface area is 247 Å². The first kappa shape index (κ1) is 31.5. The lowest BCUT2D eigenvalue weighted by atomic mass is 10.1. The molecule has 10 heteroatoms. The second-order valence-corrected chi connectivity index (χ2v) is 12.4. The van der Waals surface area contributed by atoms with Gasteiger partial charge in [-0.3, -0.25) is 13.9 Å². The maximum absolute atomic E-state index is 14.0. The molecule has 0 radical (unpaired) electrons. The van der Waals surface area contributed by atoms with Gasteiger partial charge in [-0.2, -0.15) is 0 Å². The van der Waals surface area contributed by atoms with Gasteiger partial charge < -0.3 is 10.2 Å². The van der Waals surface area contributed by atoms with E-state index < -0.39 is 28.5 Å². The third-order valence-corrected chi connectivity index (χ3v) is 8.99. The molecule has 0 bridgehead atoms. The molecule has 1 N–H and O–H groups in total. The molecule has 1 atom stereocenters. The molecule has 0 saturated heterocycles. The predicted molar refractivity (Wildman–Crippen MR) is 161 cm³/mol. The highest BCUT2D eigenvalue weighted by molar-refractivity contribution is 7.92. The van der Waals surface area contributed by atoms with E-state index in [4.69, 9.17) is 23.2 Å². The van der Waals surface area contributed by atoms with Crippen LogP contribution in [-0.4, -0.2) is 44.3 Å². The maximum Gasteiger partial charge on any atom is 0.264 e. The number of carbonyl (C=O) groups is 2. The summed E-state index contributed by atoms with van der Waals surface area (Å²) < 4.78 is 29.0. The van der Waals surface area contributed by atoms with E-state index in [1.807, 2.05) is 13.8 Å². The summed E-state index contributed by atoms with van der Waals surface area (Å²) in [5, 5.41) is 3.75. The fraction of sp³-hybridized carbons (Fsp3) is 0.333. The molecule has 0 aromatic heterocycles. The molecule has 3 rings (SSSR count). The zero-order valence-corrected chi connectivity index (χ0v) is 25.5. The number of carbonyl (C=O) groups excluding carboxylic acids is 2. The molecule has 40 heavy (non-hydrogen) atoms. The summed E-state index contributed by atoms with van der Waals surface area (Å²) in [7, 11) is -4.16. The van der Waals surface area contributed by atoms with Gasteiger partial charge in [0.05, 0.1) is 10.6 Å². The van der Waals surface area contributed by atoms with Crippen LogP contribution >= 0.6 is 23.2 Å². The molecule has 214 valence electrons. The number of amides is 2. The first-order valence-corrected chi connectivity index (χ1v) is 15.3. The fourth-order valence-electron chi connectivity index (χ4n) is 4.18. The molecule has 0 aliphatic rings. The molecule has 0 unspecified atom stereocenters. The van der Waals surface area contributed by atoms with Crippen molar-refractivity contribution in [3.63, 3.8) is 0 Å². The van der Waals surface area contributed by atoms with Gasteiger partial charge in [0.2, 0.25) is 11.8 Å². The Morgan fingerprint density at radius 3 is 2.27 bits per heavy atom. The summed E-state index contributed by atoms with van der Waals surface area (Å²) in [6, 6.07) is 17.4. The number of hydrogen-bond donors (Lipinski definition) is 1. The molecule has 0 fully saturated rings. The summed E-state index contributed by atoms with van der Waals surface area (Å²) in [4.78, 5) is 28.5. The number of benzene rings is 3. The monoisotopic (exact) mass is 603 g/mol. The second-order valence-electron chi connectivity index (χ2n) is 9.69. The number of rotatable bonds is 12. The number of nitrogens with one attached hydrogen (secondary N) is 1. The second kappa shape index (κ2) is 14.0. The molecule has 0 saturated carbocycles. The minimum absolute atomic E-state index is 0.0267. The van der Waals surface area contributed by atoms with Gasteiger partial charge in [-0.1, -0.05) is 72.4 Å². The van der Waals surface area contributed by atoms with E-state index in [0.717, 1.165) is 22.7 Å². The zero-order chi connectivity index (χ0) is 29.4. The van der Waals surface area contributed by atoms with Crippen LogP contribution in [-0.2, 0) is 26.2 Å². The number of sulfonamides is 1. The smallest absolute Gasteiger partial charge is 0.264 e. The summed E-state index contributed by atoms with van der Waals surface area (Å²) in [6.45, 7) is 7.21. The van der Waals surface area contributed by atoms with E-state index in [2.05, 4.69) is 5.32 Å². The van der Waals surface area contributed by atoms with Gasteiger partial charge in [0.15, 0.2) is 0 Å². The van der Waals surface area contributed by atoms with Crippen LogP contribution in [0, 0.1) is 13.8 Å². The first-order valence-electron chi connectivity index (χ1n) is 13.1. The average molecular weight is 605 g/mol. The Balaban J connectivity index is 2.04. The van der Waals surface area contributed by atoms with Gasteiger partial charge in [-0.05, 0) is 74.7 Å². The number of halogens is 2. The first-order chi connectivity index (χ1) is 18.9. The number of anilines is 1. The molecular formula is C30H35Cl2N3O4S. The van der Waals surface area contributed by atoms with Gasteiger partial charge in [0.1, 0.15) is 12.6 Å². The quantitative estimate of drug-likeness (QED) is 0.252. The largest absolute Gasteiger partial charge is 0.354 e.